The van der Waals surface area contributed by atoms with Crippen LogP contribution in [0.25, 0.3) is 21.9 Å². The van der Waals surface area contributed by atoms with E-state index >= 15 is 0 Å². The Labute approximate surface area is 201 Å². The van der Waals surface area contributed by atoms with E-state index in [1.807, 2.05) is 36.4 Å². The summed E-state index contributed by atoms with van der Waals surface area (Å²) in [5.41, 5.74) is 9.43. The van der Waals surface area contributed by atoms with E-state index in [4.69, 9.17) is 5.73 Å². The molecule has 0 aliphatic carbocycles. The summed E-state index contributed by atoms with van der Waals surface area (Å²) in [4.78, 5) is -0.236. The maximum Gasteiger partial charge on any atom is 1.00 e. The molecule has 0 aliphatic rings. The van der Waals surface area contributed by atoms with Gasteiger partial charge < -0.3 is 10.8 Å². The molecule has 0 unspecified atom stereocenters. The largest absolute Gasteiger partial charge is 1.00 e. The molecule has 31 heavy (non-hydrogen) atoms. The van der Waals surface area contributed by atoms with Crippen molar-refractivity contribution in [3.63, 3.8) is 0 Å². The van der Waals surface area contributed by atoms with Crippen LogP contribution in [0.5, 0.6) is 5.75 Å². The van der Waals surface area contributed by atoms with Gasteiger partial charge in [-0.1, -0.05) is 30.3 Å². The molecular formula is C22H17N3NaO4S+. The third kappa shape index (κ3) is 5.12. The number of hydrogen-bond donors (Lipinski definition) is 3. The molecule has 4 aromatic rings. The van der Waals surface area contributed by atoms with E-state index in [1.165, 1.54) is 18.2 Å². The Balaban J connectivity index is 0.00000272. The van der Waals surface area contributed by atoms with Crippen LogP contribution in [0.15, 0.2) is 94.0 Å². The molecule has 0 radical (unpaired) electrons. The Morgan fingerprint density at radius 2 is 1.35 bits per heavy atom. The van der Waals surface area contributed by atoms with E-state index in [1.54, 1.807) is 24.3 Å². The quantitative estimate of drug-likeness (QED) is 0.194. The van der Waals surface area contributed by atoms with Crippen LogP contribution < -0.4 is 35.3 Å². The number of nitrogens with zero attached hydrogens (tertiary/aromatic N) is 2. The molecule has 0 bridgehead atoms. The zero-order valence-corrected chi connectivity index (χ0v) is 19.4. The number of nitrogen functional groups attached to an aromatic ring is 1. The SMILES string of the molecule is Nc1ccc(N=Nc2ccc(-c3ccc(O)cc3)cc2)c2ccc(S(=O)(=O)O)cc12.[Na+]. The Hall–Kier alpha value is -2.75. The summed E-state index contributed by atoms with van der Waals surface area (Å²) in [5.74, 6) is 0.212. The van der Waals surface area contributed by atoms with Gasteiger partial charge >= 0.3 is 29.6 Å². The smallest absolute Gasteiger partial charge is 0.508 e. The van der Waals surface area contributed by atoms with Crippen LogP contribution in [0.3, 0.4) is 0 Å². The molecule has 0 spiro atoms. The first-order valence-electron chi connectivity index (χ1n) is 8.92. The van der Waals surface area contributed by atoms with Crippen LogP contribution in [-0.2, 0) is 10.1 Å². The number of nitrogens with two attached hydrogens (primary N) is 1. The summed E-state index contributed by atoms with van der Waals surface area (Å²) in [6.07, 6.45) is 0. The first kappa shape index (κ1) is 22.9. The van der Waals surface area contributed by atoms with Gasteiger partial charge in [0.15, 0.2) is 0 Å². The van der Waals surface area contributed by atoms with Crippen molar-refractivity contribution in [2.75, 3.05) is 5.73 Å². The average molecular weight is 442 g/mol. The minimum Gasteiger partial charge on any atom is -0.508 e. The molecule has 4 N–H and O–H groups in total. The van der Waals surface area contributed by atoms with E-state index < -0.39 is 10.1 Å². The van der Waals surface area contributed by atoms with E-state index in [9.17, 15) is 18.1 Å². The maximum atomic E-state index is 11.4. The monoisotopic (exact) mass is 442 g/mol. The van der Waals surface area contributed by atoms with Gasteiger partial charge in [-0.2, -0.15) is 13.5 Å². The number of rotatable bonds is 4. The van der Waals surface area contributed by atoms with Gasteiger partial charge in [-0.25, -0.2) is 0 Å². The first-order chi connectivity index (χ1) is 14.3. The van der Waals surface area contributed by atoms with Gasteiger partial charge in [0.1, 0.15) is 5.75 Å². The fraction of sp³-hybridized carbons (Fsp3) is 0. The Morgan fingerprint density at radius 3 is 1.97 bits per heavy atom. The van der Waals surface area contributed by atoms with E-state index in [2.05, 4.69) is 10.2 Å². The number of anilines is 1. The summed E-state index contributed by atoms with van der Waals surface area (Å²) in [7, 11) is -4.33. The van der Waals surface area contributed by atoms with Gasteiger partial charge in [-0.05, 0) is 59.7 Å². The first-order valence-corrected chi connectivity index (χ1v) is 10.4. The zero-order chi connectivity index (χ0) is 21.3. The molecule has 150 valence electrons. The van der Waals surface area contributed by atoms with E-state index in [0.29, 0.717) is 27.8 Å². The number of hydrogen-bond acceptors (Lipinski definition) is 6. The molecule has 7 nitrogen and oxygen atoms in total. The number of azo groups is 1. The van der Waals surface area contributed by atoms with Crippen molar-refractivity contribution >= 4 is 38.0 Å². The van der Waals surface area contributed by atoms with Crippen molar-refractivity contribution in [2.45, 2.75) is 4.90 Å². The Morgan fingerprint density at radius 1 is 0.742 bits per heavy atom. The van der Waals surface area contributed by atoms with Gasteiger partial charge in [0.05, 0.1) is 16.3 Å². The topological polar surface area (TPSA) is 125 Å². The summed E-state index contributed by atoms with van der Waals surface area (Å²) in [5, 5.41) is 19.0. The molecule has 9 heteroatoms. The Kier molecular flexibility index (Phi) is 6.78. The third-order valence-electron chi connectivity index (χ3n) is 4.64. The predicted octanol–water partition coefficient (Wildman–Crippen LogP) is 2.46. The molecule has 4 rings (SSSR count). The van der Waals surface area contributed by atoms with Crippen molar-refractivity contribution < 1.29 is 47.6 Å². The number of phenols is 1. The fourth-order valence-corrected chi connectivity index (χ4v) is 3.57. The van der Waals surface area contributed by atoms with Crippen molar-refractivity contribution in [1.29, 1.82) is 0 Å². The molecular weight excluding hydrogens is 425 g/mol. The molecule has 0 saturated heterocycles. The van der Waals surface area contributed by atoms with Crippen molar-refractivity contribution in [3.8, 4) is 16.9 Å². The van der Waals surface area contributed by atoms with Gasteiger partial charge in [0.2, 0.25) is 0 Å². The van der Waals surface area contributed by atoms with Crippen LogP contribution >= 0.6 is 0 Å². The normalized spacial score (nSPS) is 11.5. The molecule has 0 saturated carbocycles. The van der Waals surface area contributed by atoms with E-state index in [0.717, 1.165) is 11.1 Å². The summed E-state index contributed by atoms with van der Waals surface area (Å²) >= 11 is 0. The van der Waals surface area contributed by atoms with Crippen molar-refractivity contribution in [1.82, 2.24) is 0 Å². The predicted molar refractivity (Wildman–Crippen MR) is 116 cm³/mol. The minimum atomic E-state index is -4.33. The molecule has 0 aromatic heterocycles. The van der Waals surface area contributed by atoms with Crippen molar-refractivity contribution in [2.24, 2.45) is 10.2 Å². The molecule has 4 aromatic carbocycles. The van der Waals surface area contributed by atoms with Gasteiger partial charge in [-0.15, -0.1) is 5.11 Å². The Bertz CT molecular complexity index is 1370. The summed E-state index contributed by atoms with van der Waals surface area (Å²) < 4.78 is 32.0. The second-order valence-electron chi connectivity index (χ2n) is 6.65. The molecule has 0 atom stereocenters. The van der Waals surface area contributed by atoms with Gasteiger partial charge in [0.25, 0.3) is 10.1 Å². The van der Waals surface area contributed by atoms with Crippen LogP contribution in [0, 0.1) is 0 Å². The number of phenolic OH excluding ortho intramolecular Hbond substituents is 1. The van der Waals surface area contributed by atoms with Gasteiger partial charge in [-0.3, -0.25) is 4.55 Å². The average Bonchev–Trinajstić information content (AvgIpc) is 2.73. The van der Waals surface area contributed by atoms with Crippen LogP contribution in [0.4, 0.5) is 17.1 Å². The number of benzene rings is 4. The minimum absolute atomic E-state index is 0. The second kappa shape index (κ2) is 9.17. The number of fused-ring (bicyclic) bond motifs is 1. The molecule has 0 fully saturated rings. The fourth-order valence-electron chi connectivity index (χ4n) is 3.07. The second-order valence-corrected chi connectivity index (χ2v) is 8.07. The van der Waals surface area contributed by atoms with Crippen LogP contribution in [0.2, 0.25) is 0 Å². The molecule has 0 heterocycles. The third-order valence-corrected chi connectivity index (χ3v) is 5.49. The van der Waals surface area contributed by atoms with E-state index in [-0.39, 0.29) is 40.2 Å². The van der Waals surface area contributed by atoms with Crippen LogP contribution in [-0.4, -0.2) is 18.1 Å². The summed E-state index contributed by atoms with van der Waals surface area (Å²) in [6.45, 7) is 0. The van der Waals surface area contributed by atoms with Crippen molar-refractivity contribution in [3.05, 3.63) is 78.9 Å². The standard InChI is InChI=1S/C22H17N3O4S.Na/c23-21-11-12-22(19-10-9-18(13-20(19)21)30(27,28)29)25-24-16-5-1-14(2-6-16)15-3-7-17(26)8-4-15;/h1-13,26H,23H2,(H,27,28,29);/q;+1. The maximum absolute atomic E-state index is 11.4. The van der Waals surface area contributed by atoms with Crippen LogP contribution in [0.1, 0.15) is 0 Å². The number of aromatic hydroxyl groups is 1. The van der Waals surface area contributed by atoms with Gasteiger partial charge in [0, 0.05) is 16.5 Å². The summed E-state index contributed by atoms with van der Waals surface area (Å²) in [6, 6.07) is 21.8. The molecule has 0 aliphatic heterocycles. The zero-order valence-electron chi connectivity index (χ0n) is 16.6. The molecule has 0 amide bonds.